The average Bonchev–Trinajstić information content (AvgIpc) is 2.03. The number of hydrogen-bond acceptors (Lipinski definition) is 2. The fourth-order valence-electron chi connectivity index (χ4n) is 0.771. The van der Waals surface area contributed by atoms with Crippen molar-refractivity contribution in [1.82, 2.24) is 0 Å². The highest BCUT2D eigenvalue weighted by Gasteiger charge is 1.97. The first-order valence-electron chi connectivity index (χ1n) is 3.89. The molecule has 1 atom stereocenters. The third kappa shape index (κ3) is 5.08. The van der Waals surface area contributed by atoms with Crippen molar-refractivity contribution in [1.29, 1.82) is 0 Å². The van der Waals surface area contributed by atoms with E-state index in [1.54, 1.807) is 11.8 Å². The predicted octanol–water partition coefficient (Wildman–Crippen LogP) is 2.52. The van der Waals surface area contributed by atoms with Crippen LogP contribution in [0.4, 0.5) is 0 Å². The molecular weight excluding hydrogens is 156 g/mol. The van der Waals surface area contributed by atoms with Gasteiger partial charge in [0.25, 0.3) is 0 Å². The van der Waals surface area contributed by atoms with Gasteiger partial charge in [-0.3, -0.25) is 4.79 Å². The van der Waals surface area contributed by atoms with E-state index in [9.17, 15) is 4.79 Å². The lowest BCUT2D eigenvalue weighted by molar-refractivity contribution is -0.104. The zero-order valence-electron chi connectivity index (χ0n) is 7.46. The van der Waals surface area contributed by atoms with E-state index in [-0.39, 0.29) is 0 Å². The molecule has 0 aromatic carbocycles. The van der Waals surface area contributed by atoms with Gasteiger partial charge in [0, 0.05) is 5.75 Å². The first-order chi connectivity index (χ1) is 5.24. The van der Waals surface area contributed by atoms with Gasteiger partial charge in [-0.15, -0.1) is 0 Å². The van der Waals surface area contributed by atoms with Crippen LogP contribution in [0, 0.1) is 5.92 Å². The van der Waals surface area contributed by atoms with Crippen LogP contribution in [0.15, 0.2) is 11.6 Å². The highest BCUT2D eigenvalue weighted by atomic mass is 32.2. The lowest BCUT2D eigenvalue weighted by atomic mass is 10.1. The van der Waals surface area contributed by atoms with Crippen LogP contribution in [0.2, 0.25) is 0 Å². The van der Waals surface area contributed by atoms with Crippen LogP contribution in [0.3, 0.4) is 0 Å². The first kappa shape index (κ1) is 10.8. The third-order valence-electron chi connectivity index (χ3n) is 1.60. The highest BCUT2D eigenvalue weighted by molar-refractivity contribution is 7.98. The van der Waals surface area contributed by atoms with Crippen LogP contribution in [0.1, 0.15) is 20.3 Å². The van der Waals surface area contributed by atoms with Gasteiger partial charge in [-0.05, 0) is 17.7 Å². The fourth-order valence-corrected chi connectivity index (χ4v) is 1.27. The Balaban J connectivity index is 3.98. The van der Waals surface area contributed by atoms with Crippen molar-refractivity contribution in [3.8, 4) is 0 Å². The summed E-state index contributed by atoms with van der Waals surface area (Å²) in [7, 11) is 0. The van der Waals surface area contributed by atoms with E-state index in [1.165, 1.54) is 0 Å². The fraction of sp³-hybridized carbons (Fsp3) is 0.667. The van der Waals surface area contributed by atoms with Gasteiger partial charge in [0.2, 0.25) is 0 Å². The molecule has 0 aromatic rings. The van der Waals surface area contributed by atoms with Crippen LogP contribution in [-0.2, 0) is 4.79 Å². The van der Waals surface area contributed by atoms with Crippen molar-refractivity contribution in [3.05, 3.63) is 11.6 Å². The molecular formula is C9H16OS. The number of thioether (sulfide) groups is 1. The molecule has 0 rings (SSSR count). The van der Waals surface area contributed by atoms with Crippen molar-refractivity contribution in [2.24, 2.45) is 5.92 Å². The summed E-state index contributed by atoms with van der Waals surface area (Å²) in [5, 5.41) is 0. The minimum Gasteiger partial charge on any atom is -0.298 e. The molecule has 0 aliphatic carbocycles. The topological polar surface area (TPSA) is 17.1 Å². The summed E-state index contributed by atoms with van der Waals surface area (Å²) in [5.41, 5.74) is 0.923. The zero-order valence-corrected chi connectivity index (χ0v) is 8.28. The van der Waals surface area contributed by atoms with Crippen molar-refractivity contribution in [2.75, 3.05) is 12.0 Å². The van der Waals surface area contributed by atoms with Gasteiger partial charge in [-0.2, -0.15) is 11.8 Å². The maximum atomic E-state index is 10.5. The maximum Gasteiger partial charge on any atom is 0.146 e. The van der Waals surface area contributed by atoms with Crippen LogP contribution in [-0.4, -0.2) is 18.3 Å². The number of aldehydes is 1. The van der Waals surface area contributed by atoms with Gasteiger partial charge in [0.15, 0.2) is 0 Å². The number of carbonyl (C=O) groups excluding carboxylic acids is 1. The van der Waals surface area contributed by atoms with Gasteiger partial charge >= 0.3 is 0 Å². The molecule has 0 amide bonds. The van der Waals surface area contributed by atoms with Gasteiger partial charge in [0.05, 0.1) is 0 Å². The molecule has 0 aliphatic heterocycles. The molecule has 0 fully saturated rings. The van der Waals surface area contributed by atoms with Crippen molar-refractivity contribution in [3.63, 3.8) is 0 Å². The molecule has 1 unspecified atom stereocenters. The molecule has 11 heavy (non-hydrogen) atoms. The van der Waals surface area contributed by atoms with Crippen LogP contribution >= 0.6 is 11.8 Å². The van der Waals surface area contributed by atoms with Crippen LogP contribution in [0.25, 0.3) is 0 Å². The summed E-state index contributed by atoms with van der Waals surface area (Å²) < 4.78 is 0. The van der Waals surface area contributed by atoms with Crippen molar-refractivity contribution in [2.45, 2.75) is 20.3 Å². The summed E-state index contributed by atoms with van der Waals surface area (Å²) >= 11 is 1.69. The smallest absolute Gasteiger partial charge is 0.146 e. The molecule has 0 aliphatic rings. The van der Waals surface area contributed by atoms with Crippen molar-refractivity contribution < 1.29 is 4.79 Å². The Morgan fingerprint density at radius 1 is 1.64 bits per heavy atom. The zero-order chi connectivity index (χ0) is 8.69. The molecule has 0 heterocycles. The van der Waals surface area contributed by atoms with E-state index >= 15 is 0 Å². The van der Waals surface area contributed by atoms with E-state index in [0.29, 0.717) is 5.92 Å². The molecule has 0 saturated carbocycles. The van der Waals surface area contributed by atoms with Crippen LogP contribution < -0.4 is 0 Å². The molecule has 0 saturated heterocycles. The van der Waals surface area contributed by atoms with Gasteiger partial charge in [-0.1, -0.05) is 26.3 Å². The van der Waals surface area contributed by atoms with Crippen LogP contribution in [0.5, 0.6) is 0 Å². The minimum absolute atomic E-state index is 0.530. The lowest BCUT2D eigenvalue weighted by Crippen LogP contribution is -1.94. The molecule has 0 radical (unpaired) electrons. The normalized spacial score (nSPS) is 14.6. The monoisotopic (exact) mass is 172 g/mol. The van der Waals surface area contributed by atoms with Crippen molar-refractivity contribution >= 4 is 18.0 Å². The highest BCUT2D eigenvalue weighted by Crippen LogP contribution is 2.08. The number of rotatable bonds is 5. The molecule has 0 bridgehead atoms. The first-order valence-corrected chi connectivity index (χ1v) is 5.28. The van der Waals surface area contributed by atoms with E-state index in [0.717, 1.165) is 24.0 Å². The standard InChI is InChI=1S/C9H16OS/c1-4-8(2)5-9(6-10)7-11-3/h5-6,8H,4,7H2,1-3H3. The summed E-state index contributed by atoms with van der Waals surface area (Å²) in [4.78, 5) is 10.5. The summed E-state index contributed by atoms with van der Waals surface area (Å²) in [6.45, 7) is 4.26. The van der Waals surface area contributed by atoms with E-state index in [1.807, 2.05) is 6.26 Å². The average molecular weight is 172 g/mol. The Hall–Kier alpha value is -0.240. The molecule has 0 N–H and O–H groups in total. The van der Waals surface area contributed by atoms with Gasteiger partial charge in [0.1, 0.15) is 6.29 Å². The number of hydrogen-bond donors (Lipinski definition) is 0. The predicted molar refractivity (Wildman–Crippen MR) is 52.0 cm³/mol. The van der Waals surface area contributed by atoms with E-state index < -0.39 is 0 Å². The molecule has 2 heteroatoms. The second kappa shape index (κ2) is 6.47. The summed E-state index contributed by atoms with van der Waals surface area (Å²) in [5.74, 6) is 1.37. The number of carbonyl (C=O) groups is 1. The van der Waals surface area contributed by atoms with E-state index in [4.69, 9.17) is 0 Å². The Morgan fingerprint density at radius 3 is 2.64 bits per heavy atom. The second-order valence-corrected chi connectivity index (χ2v) is 3.54. The largest absolute Gasteiger partial charge is 0.298 e. The van der Waals surface area contributed by atoms with Gasteiger partial charge < -0.3 is 0 Å². The Bertz CT molecular complexity index is 140. The maximum absolute atomic E-state index is 10.5. The Morgan fingerprint density at radius 2 is 2.27 bits per heavy atom. The third-order valence-corrected chi connectivity index (χ3v) is 2.23. The summed E-state index contributed by atoms with van der Waals surface area (Å²) in [6, 6.07) is 0. The SMILES string of the molecule is CCC(C)C=C(C=O)CSC. The molecule has 64 valence electrons. The summed E-state index contributed by atoms with van der Waals surface area (Å²) in [6.07, 6.45) is 6.13. The molecule has 0 spiro atoms. The molecule has 1 nitrogen and oxygen atoms in total. The second-order valence-electron chi connectivity index (χ2n) is 2.68. The Labute approximate surface area is 73.3 Å². The molecule has 0 aromatic heterocycles. The Kier molecular flexibility index (Phi) is 6.33. The van der Waals surface area contributed by atoms with Gasteiger partial charge in [-0.25, -0.2) is 0 Å². The quantitative estimate of drug-likeness (QED) is 0.468. The van der Waals surface area contributed by atoms with E-state index in [2.05, 4.69) is 19.9 Å². The minimum atomic E-state index is 0.530. The number of allylic oxidation sites excluding steroid dienone is 1. The lowest BCUT2D eigenvalue weighted by Gasteiger charge is -2.02.